The van der Waals surface area contributed by atoms with E-state index in [2.05, 4.69) is 14.7 Å². The Kier molecular flexibility index (Phi) is 3.01. The van der Waals surface area contributed by atoms with Crippen LogP contribution in [0.1, 0.15) is 31.3 Å². The van der Waals surface area contributed by atoms with Crippen LogP contribution in [-0.4, -0.2) is 16.1 Å². The lowest BCUT2D eigenvalue weighted by molar-refractivity contribution is 0.208. The van der Waals surface area contributed by atoms with Gasteiger partial charge in [-0.2, -0.15) is 4.98 Å². The number of rotatable bonds is 2. The first kappa shape index (κ1) is 10.4. The van der Waals surface area contributed by atoms with Gasteiger partial charge in [0.25, 0.3) is 0 Å². The van der Waals surface area contributed by atoms with Crippen LogP contribution in [0.4, 0.5) is 4.79 Å². The van der Waals surface area contributed by atoms with Gasteiger partial charge in [-0.15, -0.1) is 0 Å². The van der Waals surface area contributed by atoms with Crippen molar-refractivity contribution in [3.05, 3.63) is 17.6 Å². The topological polar surface area (TPSA) is 78.1 Å². The summed E-state index contributed by atoms with van der Waals surface area (Å²) in [4.78, 5) is 18.7. The van der Waals surface area contributed by atoms with E-state index in [4.69, 9.17) is 5.73 Å². The number of nitrogens with zero attached hydrogens (tertiary/aromatic N) is 2. The van der Waals surface area contributed by atoms with Crippen molar-refractivity contribution in [3.8, 4) is 5.88 Å². The lowest BCUT2D eigenvalue weighted by atomic mass is 10.2. The van der Waals surface area contributed by atoms with Crippen LogP contribution in [-0.2, 0) is 0 Å². The van der Waals surface area contributed by atoms with E-state index >= 15 is 0 Å². The van der Waals surface area contributed by atoms with E-state index in [9.17, 15) is 4.79 Å². The van der Waals surface area contributed by atoms with Crippen LogP contribution in [0.25, 0.3) is 0 Å². The van der Waals surface area contributed by atoms with Crippen molar-refractivity contribution in [2.24, 2.45) is 5.73 Å². The highest BCUT2D eigenvalue weighted by molar-refractivity contribution is 5.67. The molecule has 14 heavy (non-hydrogen) atoms. The molecule has 0 aliphatic heterocycles. The van der Waals surface area contributed by atoms with Crippen molar-refractivity contribution in [2.75, 3.05) is 0 Å². The number of amides is 1. The fourth-order valence-corrected chi connectivity index (χ4v) is 0.975. The molecule has 0 unspecified atom stereocenters. The second-order valence-corrected chi connectivity index (χ2v) is 3.28. The molecule has 0 saturated carbocycles. The first-order valence-corrected chi connectivity index (χ1v) is 4.32. The third-order valence-electron chi connectivity index (χ3n) is 1.57. The van der Waals surface area contributed by atoms with Crippen LogP contribution >= 0.6 is 0 Å². The summed E-state index contributed by atoms with van der Waals surface area (Å²) in [5.74, 6) is 1.03. The maximum atomic E-state index is 10.5. The molecular weight excluding hydrogens is 182 g/mol. The van der Waals surface area contributed by atoms with E-state index in [-0.39, 0.29) is 11.8 Å². The van der Waals surface area contributed by atoms with Gasteiger partial charge in [0.1, 0.15) is 5.82 Å². The van der Waals surface area contributed by atoms with E-state index in [0.29, 0.717) is 5.82 Å². The van der Waals surface area contributed by atoms with E-state index < -0.39 is 6.09 Å². The van der Waals surface area contributed by atoms with Crippen molar-refractivity contribution in [1.82, 2.24) is 9.97 Å². The predicted molar refractivity (Wildman–Crippen MR) is 51.1 cm³/mol. The van der Waals surface area contributed by atoms with Crippen LogP contribution < -0.4 is 10.5 Å². The van der Waals surface area contributed by atoms with Gasteiger partial charge in [0.2, 0.25) is 5.88 Å². The summed E-state index contributed by atoms with van der Waals surface area (Å²) in [5.41, 5.74) is 5.63. The number of carbonyl (C=O) groups excluding carboxylic acids is 1. The van der Waals surface area contributed by atoms with Crippen LogP contribution in [0.5, 0.6) is 5.88 Å². The number of primary amides is 1. The Morgan fingerprint density at radius 2 is 2.14 bits per heavy atom. The van der Waals surface area contributed by atoms with Crippen molar-refractivity contribution < 1.29 is 9.53 Å². The molecule has 1 aromatic heterocycles. The second-order valence-electron chi connectivity index (χ2n) is 3.28. The summed E-state index contributed by atoms with van der Waals surface area (Å²) in [6, 6.07) is 1.57. The lowest BCUT2D eigenvalue weighted by Crippen LogP contribution is -2.17. The molecule has 0 atom stereocenters. The molecule has 1 aromatic rings. The van der Waals surface area contributed by atoms with E-state index in [1.54, 1.807) is 13.0 Å². The Hall–Kier alpha value is -1.65. The van der Waals surface area contributed by atoms with Crippen molar-refractivity contribution in [3.63, 3.8) is 0 Å². The molecule has 5 heteroatoms. The lowest BCUT2D eigenvalue weighted by Gasteiger charge is -2.06. The minimum Gasteiger partial charge on any atom is -0.391 e. The van der Waals surface area contributed by atoms with Crippen LogP contribution in [0.15, 0.2) is 6.07 Å². The molecule has 0 radical (unpaired) electrons. The first-order chi connectivity index (χ1) is 6.49. The number of nitrogens with two attached hydrogens (primary N) is 1. The summed E-state index contributed by atoms with van der Waals surface area (Å²) in [7, 11) is 0. The monoisotopic (exact) mass is 195 g/mol. The number of ether oxygens (including phenoxy) is 1. The number of aromatic nitrogens is 2. The fourth-order valence-electron chi connectivity index (χ4n) is 0.975. The maximum absolute atomic E-state index is 10.5. The SMILES string of the molecule is Cc1cc(OC(N)=O)nc(C(C)C)n1. The average molecular weight is 195 g/mol. The van der Waals surface area contributed by atoms with Gasteiger partial charge in [-0.05, 0) is 6.92 Å². The number of hydrogen-bond acceptors (Lipinski definition) is 4. The predicted octanol–water partition coefficient (Wildman–Crippen LogP) is 1.37. The van der Waals surface area contributed by atoms with Gasteiger partial charge < -0.3 is 10.5 Å². The van der Waals surface area contributed by atoms with Gasteiger partial charge in [0, 0.05) is 17.7 Å². The summed E-state index contributed by atoms with van der Waals surface area (Å²) in [5, 5.41) is 0. The third-order valence-corrected chi connectivity index (χ3v) is 1.57. The second kappa shape index (κ2) is 4.04. The minimum atomic E-state index is -0.863. The van der Waals surface area contributed by atoms with Crippen LogP contribution in [0.2, 0.25) is 0 Å². The number of aryl methyl sites for hydroxylation is 1. The smallest absolute Gasteiger partial charge is 0.391 e. The molecule has 76 valence electrons. The van der Waals surface area contributed by atoms with Gasteiger partial charge in [-0.3, -0.25) is 0 Å². The molecule has 1 amide bonds. The highest BCUT2D eigenvalue weighted by Gasteiger charge is 2.08. The highest BCUT2D eigenvalue weighted by Crippen LogP contribution is 2.14. The van der Waals surface area contributed by atoms with Gasteiger partial charge in [-0.25, -0.2) is 9.78 Å². The average Bonchev–Trinajstić information content (AvgIpc) is 2.01. The van der Waals surface area contributed by atoms with Gasteiger partial charge in [0.05, 0.1) is 0 Å². The highest BCUT2D eigenvalue weighted by atomic mass is 16.6. The van der Waals surface area contributed by atoms with Gasteiger partial charge in [0.15, 0.2) is 0 Å². The van der Waals surface area contributed by atoms with Crippen molar-refractivity contribution >= 4 is 6.09 Å². The fraction of sp³-hybridized carbons (Fsp3) is 0.444. The Morgan fingerprint density at radius 3 is 2.64 bits per heavy atom. The van der Waals surface area contributed by atoms with Gasteiger partial charge in [-0.1, -0.05) is 13.8 Å². The Labute approximate surface area is 82.3 Å². The van der Waals surface area contributed by atoms with Crippen molar-refractivity contribution in [1.29, 1.82) is 0 Å². The maximum Gasteiger partial charge on any atom is 0.411 e. The molecule has 1 rings (SSSR count). The van der Waals surface area contributed by atoms with Crippen LogP contribution in [0.3, 0.4) is 0 Å². The van der Waals surface area contributed by atoms with E-state index in [1.807, 2.05) is 13.8 Å². The minimum absolute atomic E-state index is 0.185. The van der Waals surface area contributed by atoms with E-state index in [1.165, 1.54) is 0 Å². The molecule has 0 fully saturated rings. The Morgan fingerprint density at radius 1 is 1.50 bits per heavy atom. The molecule has 2 N–H and O–H groups in total. The molecule has 0 bridgehead atoms. The molecule has 0 saturated heterocycles. The Balaban J connectivity index is 3.01. The quantitative estimate of drug-likeness (QED) is 0.772. The third kappa shape index (κ3) is 2.69. The first-order valence-electron chi connectivity index (χ1n) is 4.32. The summed E-state index contributed by atoms with van der Waals surface area (Å²) >= 11 is 0. The number of carbonyl (C=O) groups is 1. The molecule has 0 spiro atoms. The van der Waals surface area contributed by atoms with Gasteiger partial charge >= 0.3 is 6.09 Å². The largest absolute Gasteiger partial charge is 0.411 e. The van der Waals surface area contributed by atoms with Crippen molar-refractivity contribution in [2.45, 2.75) is 26.7 Å². The summed E-state index contributed by atoms with van der Waals surface area (Å²) < 4.78 is 4.67. The zero-order valence-corrected chi connectivity index (χ0v) is 8.44. The molecule has 0 aliphatic rings. The van der Waals surface area contributed by atoms with E-state index in [0.717, 1.165) is 5.69 Å². The van der Waals surface area contributed by atoms with Crippen LogP contribution in [0, 0.1) is 6.92 Å². The Bertz CT molecular complexity index is 350. The summed E-state index contributed by atoms with van der Waals surface area (Å²) in [6.45, 7) is 5.73. The number of hydrogen-bond donors (Lipinski definition) is 1. The molecule has 0 aliphatic carbocycles. The molecule has 1 heterocycles. The standard InChI is InChI=1S/C9H13N3O2/c1-5(2)8-11-6(3)4-7(12-8)14-9(10)13/h4-5H,1-3H3,(H2,10,13). The molecular formula is C9H13N3O2. The zero-order chi connectivity index (χ0) is 10.7. The molecule has 0 aromatic carbocycles. The zero-order valence-electron chi connectivity index (χ0n) is 8.44. The molecule has 5 nitrogen and oxygen atoms in total. The summed E-state index contributed by atoms with van der Waals surface area (Å²) in [6.07, 6.45) is -0.863. The normalized spacial score (nSPS) is 10.3.